The van der Waals surface area contributed by atoms with Crippen molar-refractivity contribution < 1.29 is 24.2 Å². The number of rotatable bonds is 6. The fourth-order valence-electron chi connectivity index (χ4n) is 4.34. The Balaban J connectivity index is 1.48. The summed E-state index contributed by atoms with van der Waals surface area (Å²) < 4.78 is 5.43. The van der Waals surface area contributed by atoms with E-state index in [9.17, 15) is 19.5 Å². The number of hydrogen-bond acceptors (Lipinski definition) is 5. The maximum absolute atomic E-state index is 13.3. The highest BCUT2D eigenvalue weighted by Gasteiger charge is 2.33. The van der Waals surface area contributed by atoms with E-state index in [1.165, 1.54) is 28.0 Å². The normalized spacial score (nSPS) is 13.2. The highest BCUT2D eigenvalue weighted by Crippen LogP contribution is 2.36. The number of aromatic carboxylic acids is 1. The number of hydrogen-bond donors (Lipinski definition) is 1. The number of anilines is 2. The minimum absolute atomic E-state index is 0.0170. The number of amides is 2. The van der Waals surface area contributed by atoms with Gasteiger partial charge in [-0.2, -0.15) is 0 Å². The fourth-order valence-corrected chi connectivity index (χ4v) is 4.34. The molecule has 0 aliphatic carbocycles. The zero-order valence-corrected chi connectivity index (χ0v) is 20.0. The first-order valence-corrected chi connectivity index (χ1v) is 11.6. The second-order valence-corrected chi connectivity index (χ2v) is 8.49. The summed E-state index contributed by atoms with van der Waals surface area (Å²) in [6, 6.07) is 23.1. The van der Waals surface area contributed by atoms with Gasteiger partial charge in [0.2, 0.25) is 5.91 Å². The van der Waals surface area contributed by atoms with Gasteiger partial charge in [0, 0.05) is 17.0 Å². The van der Waals surface area contributed by atoms with Gasteiger partial charge in [0.05, 0.1) is 41.8 Å². The van der Waals surface area contributed by atoms with Crippen LogP contribution >= 0.6 is 0 Å². The van der Waals surface area contributed by atoms with Gasteiger partial charge in [-0.1, -0.05) is 42.5 Å². The molecule has 2 amide bonds. The highest BCUT2D eigenvalue weighted by molar-refractivity contribution is 6.15. The molecule has 1 N–H and O–H groups in total. The number of nitrogens with zero attached hydrogens (tertiary/aromatic N) is 3. The van der Waals surface area contributed by atoms with Crippen molar-refractivity contribution in [1.82, 2.24) is 4.98 Å². The Labute approximate surface area is 213 Å². The molecule has 1 aromatic heterocycles. The minimum Gasteiger partial charge on any atom is -0.496 e. The summed E-state index contributed by atoms with van der Waals surface area (Å²) in [6.07, 6.45) is 2.93. The van der Waals surface area contributed by atoms with E-state index >= 15 is 0 Å². The third kappa shape index (κ3) is 4.77. The molecule has 8 heteroatoms. The van der Waals surface area contributed by atoms with Crippen LogP contribution in [0.25, 0.3) is 17.0 Å². The van der Waals surface area contributed by atoms with E-state index in [-0.39, 0.29) is 24.6 Å². The zero-order valence-electron chi connectivity index (χ0n) is 20.0. The highest BCUT2D eigenvalue weighted by atomic mass is 16.5. The molecule has 2 heterocycles. The summed E-state index contributed by atoms with van der Waals surface area (Å²) in [7, 11) is 1.56. The van der Waals surface area contributed by atoms with Crippen molar-refractivity contribution >= 4 is 46.1 Å². The molecule has 184 valence electrons. The van der Waals surface area contributed by atoms with Crippen molar-refractivity contribution in [1.29, 1.82) is 0 Å². The molecule has 0 saturated heterocycles. The second-order valence-electron chi connectivity index (χ2n) is 8.49. The summed E-state index contributed by atoms with van der Waals surface area (Å²) >= 11 is 0. The van der Waals surface area contributed by atoms with Gasteiger partial charge in [-0.3, -0.25) is 14.5 Å². The Morgan fingerprint density at radius 2 is 1.78 bits per heavy atom. The van der Waals surface area contributed by atoms with E-state index in [4.69, 9.17) is 4.74 Å². The van der Waals surface area contributed by atoms with E-state index in [2.05, 4.69) is 4.98 Å². The number of carbonyl (C=O) groups is 3. The lowest BCUT2D eigenvalue weighted by Gasteiger charge is -2.36. The summed E-state index contributed by atoms with van der Waals surface area (Å²) in [4.78, 5) is 45.6. The molecule has 0 spiro atoms. The summed E-state index contributed by atoms with van der Waals surface area (Å²) in [5, 5.41) is 10.5. The average molecular weight is 494 g/mol. The van der Waals surface area contributed by atoms with Crippen LogP contribution in [0, 0.1) is 0 Å². The Kier molecular flexibility index (Phi) is 6.38. The molecular weight excluding hydrogens is 470 g/mol. The van der Waals surface area contributed by atoms with E-state index in [0.717, 1.165) is 16.5 Å². The number of pyridine rings is 1. The quantitative estimate of drug-likeness (QED) is 0.396. The number of fused-ring (bicyclic) bond motifs is 2. The molecule has 0 fully saturated rings. The van der Waals surface area contributed by atoms with Crippen molar-refractivity contribution in [3.8, 4) is 5.75 Å². The molecule has 1 aliphatic rings. The van der Waals surface area contributed by atoms with Crippen LogP contribution in [0.5, 0.6) is 5.75 Å². The number of methoxy groups -OCH3 is 1. The summed E-state index contributed by atoms with van der Waals surface area (Å²) in [6.45, 7) is -0.0271. The van der Waals surface area contributed by atoms with E-state index in [1.807, 2.05) is 48.5 Å². The first-order valence-electron chi connectivity index (χ1n) is 11.6. The van der Waals surface area contributed by atoms with Crippen molar-refractivity contribution in [2.75, 3.05) is 23.5 Å². The predicted octanol–water partition coefficient (Wildman–Crippen LogP) is 4.53. The van der Waals surface area contributed by atoms with Crippen LogP contribution in [0.2, 0.25) is 0 Å². The van der Waals surface area contributed by atoms with Gasteiger partial charge in [0.1, 0.15) is 12.3 Å². The number of aromatic nitrogens is 1. The van der Waals surface area contributed by atoms with Gasteiger partial charge in [-0.15, -0.1) is 0 Å². The number of ether oxygens (including phenoxy) is 1. The van der Waals surface area contributed by atoms with Crippen LogP contribution < -0.4 is 14.5 Å². The average Bonchev–Trinajstić information content (AvgIpc) is 2.92. The Morgan fingerprint density at radius 3 is 2.59 bits per heavy atom. The molecule has 37 heavy (non-hydrogen) atoms. The summed E-state index contributed by atoms with van der Waals surface area (Å²) in [5.41, 5.74) is 2.98. The summed E-state index contributed by atoms with van der Waals surface area (Å²) in [5.74, 6) is -1.25. The van der Waals surface area contributed by atoms with Gasteiger partial charge < -0.3 is 14.7 Å². The Morgan fingerprint density at radius 1 is 1.00 bits per heavy atom. The molecule has 5 rings (SSSR count). The number of carboxylic acid groups (broad SMARTS) is 1. The maximum Gasteiger partial charge on any atom is 0.335 e. The second kappa shape index (κ2) is 9.94. The standard InChI is InChI=1S/C29H23N3O5/c1-37-26-9-5-3-7-21(26)17-31-24-14-11-20(29(35)36)16-25(24)32(18-28(31)34)27(33)15-13-22-12-10-19-6-2-4-8-23(19)30-22/h2-16H,17-18H2,1H3,(H,35,36)/b15-13+. The zero-order chi connectivity index (χ0) is 25.9. The van der Waals surface area contributed by atoms with Gasteiger partial charge >= 0.3 is 5.97 Å². The lowest BCUT2D eigenvalue weighted by atomic mass is 10.1. The molecule has 1 aliphatic heterocycles. The molecule has 8 nitrogen and oxygen atoms in total. The molecule has 0 atom stereocenters. The predicted molar refractivity (Wildman–Crippen MR) is 141 cm³/mol. The first kappa shape index (κ1) is 23.7. The van der Waals surface area contributed by atoms with E-state index in [0.29, 0.717) is 22.8 Å². The van der Waals surface area contributed by atoms with Crippen molar-refractivity contribution in [2.24, 2.45) is 0 Å². The molecule has 0 radical (unpaired) electrons. The van der Waals surface area contributed by atoms with Crippen LogP contribution in [-0.2, 0) is 16.1 Å². The van der Waals surface area contributed by atoms with Crippen LogP contribution in [0.1, 0.15) is 21.6 Å². The van der Waals surface area contributed by atoms with E-state index in [1.54, 1.807) is 31.4 Å². The lowest BCUT2D eigenvalue weighted by Crippen LogP contribution is -2.47. The van der Waals surface area contributed by atoms with Crippen LogP contribution in [-0.4, -0.2) is 41.5 Å². The maximum atomic E-state index is 13.3. The topological polar surface area (TPSA) is 100 Å². The van der Waals surface area contributed by atoms with Gasteiger partial charge in [-0.05, 0) is 42.5 Å². The van der Waals surface area contributed by atoms with E-state index < -0.39 is 11.9 Å². The van der Waals surface area contributed by atoms with Crippen LogP contribution in [0.15, 0.2) is 84.9 Å². The van der Waals surface area contributed by atoms with Crippen molar-refractivity contribution in [3.63, 3.8) is 0 Å². The van der Waals surface area contributed by atoms with Crippen molar-refractivity contribution in [2.45, 2.75) is 6.54 Å². The molecule has 0 unspecified atom stereocenters. The number of benzene rings is 3. The minimum atomic E-state index is -1.13. The smallest absolute Gasteiger partial charge is 0.335 e. The van der Waals surface area contributed by atoms with Crippen LogP contribution in [0.4, 0.5) is 11.4 Å². The number of para-hydroxylation sites is 2. The lowest BCUT2D eigenvalue weighted by molar-refractivity contribution is -0.120. The SMILES string of the molecule is COc1ccccc1CN1C(=O)CN(C(=O)/C=C/c2ccc3ccccc3n2)c2cc(C(=O)O)ccc21. The molecular formula is C29H23N3O5. The fraction of sp³-hybridized carbons (Fsp3) is 0.103. The van der Waals surface area contributed by atoms with Gasteiger partial charge in [-0.25, -0.2) is 9.78 Å². The first-order chi connectivity index (χ1) is 17.9. The number of carboxylic acids is 1. The third-order valence-electron chi connectivity index (χ3n) is 6.20. The van der Waals surface area contributed by atoms with Crippen LogP contribution in [0.3, 0.4) is 0 Å². The van der Waals surface area contributed by atoms with Gasteiger partial charge in [0.25, 0.3) is 5.91 Å². The molecule has 4 aromatic rings. The third-order valence-corrected chi connectivity index (χ3v) is 6.20. The number of carbonyl (C=O) groups excluding carboxylic acids is 2. The largest absolute Gasteiger partial charge is 0.496 e. The molecule has 3 aromatic carbocycles. The molecule has 0 bridgehead atoms. The Hall–Kier alpha value is -4.98. The van der Waals surface area contributed by atoms with Crippen molar-refractivity contribution in [3.05, 3.63) is 102 Å². The monoisotopic (exact) mass is 493 g/mol. The van der Waals surface area contributed by atoms with Gasteiger partial charge in [0.15, 0.2) is 0 Å². The molecule has 0 saturated carbocycles. The Bertz CT molecular complexity index is 1560.